The molecule has 0 fully saturated rings. The first kappa shape index (κ1) is 24.9. The molecule has 1 N–H and O–H groups in total. The molecular weight excluding hydrogens is 458 g/mol. The molecule has 0 saturated heterocycles. The summed E-state index contributed by atoms with van der Waals surface area (Å²) >= 11 is 1.65. The van der Waals surface area contributed by atoms with Gasteiger partial charge < -0.3 is 14.8 Å². The van der Waals surface area contributed by atoms with E-state index in [0.29, 0.717) is 31.3 Å². The van der Waals surface area contributed by atoms with Gasteiger partial charge in [-0.25, -0.2) is 15.0 Å². The number of hydrogen-bond acceptors (Lipinski definition) is 8. The summed E-state index contributed by atoms with van der Waals surface area (Å²) in [5.74, 6) is 2.90. The maximum atomic E-state index is 5.89. The van der Waals surface area contributed by atoms with Crippen molar-refractivity contribution in [2.75, 3.05) is 31.6 Å². The minimum Gasteiger partial charge on any atom is -0.490 e. The predicted octanol–water partition coefficient (Wildman–Crippen LogP) is 6.44. The fourth-order valence-corrected chi connectivity index (χ4v) is 4.55. The van der Waals surface area contributed by atoms with E-state index in [0.717, 1.165) is 57.6 Å². The number of nitrogens with one attached hydrogen (secondary N) is 1. The largest absolute Gasteiger partial charge is 0.490 e. The molecule has 4 aromatic rings. The van der Waals surface area contributed by atoms with Crippen LogP contribution in [-0.4, -0.2) is 46.2 Å². The Morgan fingerprint density at radius 1 is 0.914 bits per heavy atom. The van der Waals surface area contributed by atoms with Crippen LogP contribution >= 0.6 is 11.3 Å². The number of thiazole rings is 1. The molecule has 8 heteroatoms. The number of aryl methyl sites for hydroxylation is 1. The number of hydrogen-bond donors (Lipinski definition) is 1. The lowest BCUT2D eigenvalue weighted by Gasteiger charge is -2.19. The van der Waals surface area contributed by atoms with E-state index in [1.165, 1.54) is 0 Å². The Bertz CT molecular complexity index is 1290. The molecule has 0 saturated carbocycles. The van der Waals surface area contributed by atoms with Gasteiger partial charge in [0.1, 0.15) is 11.6 Å². The maximum Gasteiger partial charge on any atom is 0.163 e. The molecule has 0 aliphatic heterocycles. The number of ether oxygens (including phenoxy) is 2. The lowest BCUT2D eigenvalue weighted by molar-refractivity contribution is 0.287. The van der Waals surface area contributed by atoms with Crippen LogP contribution in [0, 0.1) is 6.92 Å². The number of benzene rings is 2. The van der Waals surface area contributed by atoms with Gasteiger partial charge in [0.05, 0.1) is 36.0 Å². The van der Waals surface area contributed by atoms with Crippen molar-refractivity contribution < 1.29 is 9.47 Å². The average molecular weight is 492 g/mol. The van der Waals surface area contributed by atoms with Crippen molar-refractivity contribution in [3.63, 3.8) is 0 Å². The zero-order valence-corrected chi connectivity index (χ0v) is 21.9. The lowest BCUT2D eigenvalue weighted by Crippen LogP contribution is -2.23. The van der Waals surface area contributed by atoms with Gasteiger partial charge in [0.15, 0.2) is 11.5 Å². The molecule has 35 heavy (non-hydrogen) atoms. The molecule has 0 aliphatic rings. The molecule has 0 spiro atoms. The topological polar surface area (TPSA) is 72.4 Å². The summed E-state index contributed by atoms with van der Waals surface area (Å²) in [6.45, 7) is 13.9. The maximum absolute atomic E-state index is 5.89. The number of aromatic nitrogens is 3. The van der Waals surface area contributed by atoms with E-state index in [1.807, 2.05) is 45.0 Å². The minimum atomic E-state index is 0.546. The van der Waals surface area contributed by atoms with Gasteiger partial charge in [-0.05, 0) is 52.1 Å². The van der Waals surface area contributed by atoms with Crippen LogP contribution in [0.2, 0.25) is 0 Å². The van der Waals surface area contributed by atoms with Gasteiger partial charge in [-0.2, -0.15) is 0 Å². The second-order valence-corrected chi connectivity index (χ2v) is 9.15. The van der Waals surface area contributed by atoms with Gasteiger partial charge in [-0.3, -0.25) is 4.90 Å². The van der Waals surface area contributed by atoms with Crippen molar-refractivity contribution in [1.82, 2.24) is 19.9 Å². The summed E-state index contributed by atoms with van der Waals surface area (Å²) < 4.78 is 11.8. The zero-order chi connectivity index (χ0) is 24.8. The molecule has 0 aliphatic carbocycles. The summed E-state index contributed by atoms with van der Waals surface area (Å²) in [6.07, 6.45) is 0. The Morgan fingerprint density at radius 3 is 2.31 bits per heavy atom. The van der Waals surface area contributed by atoms with Crippen LogP contribution in [-0.2, 0) is 6.54 Å². The van der Waals surface area contributed by atoms with Crippen LogP contribution in [0.15, 0.2) is 41.8 Å². The van der Waals surface area contributed by atoms with Gasteiger partial charge in [0.25, 0.3) is 0 Å². The Labute approximate surface area is 211 Å². The molecule has 0 amide bonds. The van der Waals surface area contributed by atoms with Crippen molar-refractivity contribution in [2.45, 2.75) is 41.2 Å². The molecule has 0 atom stereocenters. The molecule has 0 radical (unpaired) electrons. The van der Waals surface area contributed by atoms with Crippen LogP contribution in [0.4, 0.5) is 11.5 Å². The quantitative estimate of drug-likeness (QED) is 0.259. The number of rotatable bonds is 11. The van der Waals surface area contributed by atoms with E-state index < -0.39 is 0 Å². The van der Waals surface area contributed by atoms with Gasteiger partial charge in [0.2, 0.25) is 0 Å². The van der Waals surface area contributed by atoms with Crippen LogP contribution in [0.25, 0.3) is 22.2 Å². The fourth-order valence-electron chi connectivity index (χ4n) is 3.92. The van der Waals surface area contributed by atoms with Gasteiger partial charge in [0, 0.05) is 28.1 Å². The third-order valence-electron chi connectivity index (χ3n) is 5.71. The highest BCUT2D eigenvalue weighted by atomic mass is 32.1. The molecule has 0 unspecified atom stereocenters. The molecule has 7 nitrogen and oxygen atoms in total. The first-order valence-corrected chi connectivity index (χ1v) is 13.0. The molecule has 0 bridgehead atoms. The monoisotopic (exact) mass is 491 g/mol. The Morgan fingerprint density at radius 2 is 1.66 bits per heavy atom. The van der Waals surface area contributed by atoms with Crippen LogP contribution in [0.1, 0.15) is 38.5 Å². The average Bonchev–Trinajstić information content (AvgIpc) is 3.30. The number of nitrogens with zero attached hydrogens (tertiary/aromatic N) is 4. The second kappa shape index (κ2) is 11.5. The second-order valence-electron chi connectivity index (χ2n) is 8.09. The molecule has 4 rings (SSSR count). The molecule has 2 aromatic carbocycles. The Kier molecular flexibility index (Phi) is 8.15. The van der Waals surface area contributed by atoms with E-state index in [9.17, 15) is 0 Å². The van der Waals surface area contributed by atoms with Crippen molar-refractivity contribution >= 4 is 33.7 Å². The highest BCUT2D eigenvalue weighted by Crippen LogP contribution is 2.36. The predicted molar refractivity (Wildman–Crippen MR) is 144 cm³/mol. The molecular formula is C27H33N5O2S. The fraction of sp³-hybridized carbons (Fsp3) is 0.370. The number of anilines is 2. The van der Waals surface area contributed by atoms with E-state index in [-0.39, 0.29) is 0 Å². The van der Waals surface area contributed by atoms with Gasteiger partial charge >= 0.3 is 0 Å². The van der Waals surface area contributed by atoms with E-state index in [2.05, 4.69) is 46.6 Å². The standard InChI is InChI=1S/C27H33N5O2S/c1-6-32(7-2)16-26-30-22-15-25(34-9-4)24(33-8-3)14-21(22)27(31-26)29-20-12-10-11-19(13-20)23-17-35-18(5)28-23/h10-15,17H,6-9,16H2,1-5H3,(H,29,30,31). The normalized spacial score (nSPS) is 11.3. The Hall–Kier alpha value is -3.23. The summed E-state index contributed by atoms with van der Waals surface area (Å²) in [6, 6.07) is 12.2. The van der Waals surface area contributed by atoms with E-state index >= 15 is 0 Å². The Balaban J connectivity index is 1.80. The first-order chi connectivity index (χ1) is 17.0. The smallest absolute Gasteiger partial charge is 0.163 e. The van der Waals surface area contributed by atoms with E-state index in [4.69, 9.17) is 19.4 Å². The van der Waals surface area contributed by atoms with Crippen LogP contribution in [0.5, 0.6) is 11.5 Å². The zero-order valence-electron chi connectivity index (χ0n) is 21.1. The van der Waals surface area contributed by atoms with Crippen molar-refractivity contribution in [3.05, 3.63) is 52.6 Å². The molecule has 2 aromatic heterocycles. The van der Waals surface area contributed by atoms with Crippen LogP contribution < -0.4 is 14.8 Å². The summed E-state index contributed by atoms with van der Waals surface area (Å²) in [5.41, 5.74) is 3.80. The minimum absolute atomic E-state index is 0.546. The van der Waals surface area contributed by atoms with Gasteiger partial charge in [-0.15, -0.1) is 11.3 Å². The number of fused-ring (bicyclic) bond motifs is 1. The third kappa shape index (κ3) is 5.89. The summed E-state index contributed by atoms with van der Waals surface area (Å²) in [5, 5.41) is 7.56. The van der Waals surface area contributed by atoms with Crippen molar-refractivity contribution in [1.29, 1.82) is 0 Å². The lowest BCUT2D eigenvalue weighted by atomic mass is 10.1. The van der Waals surface area contributed by atoms with E-state index in [1.54, 1.807) is 11.3 Å². The summed E-state index contributed by atoms with van der Waals surface area (Å²) in [7, 11) is 0. The van der Waals surface area contributed by atoms with Crippen molar-refractivity contribution in [2.24, 2.45) is 0 Å². The third-order valence-corrected chi connectivity index (χ3v) is 6.48. The highest BCUT2D eigenvalue weighted by molar-refractivity contribution is 7.09. The molecule has 184 valence electrons. The SMILES string of the molecule is CCOc1cc2nc(CN(CC)CC)nc(Nc3cccc(-c4csc(C)n4)c3)c2cc1OCC. The van der Waals surface area contributed by atoms with Crippen molar-refractivity contribution in [3.8, 4) is 22.8 Å². The summed E-state index contributed by atoms with van der Waals surface area (Å²) in [4.78, 5) is 16.8. The highest BCUT2D eigenvalue weighted by Gasteiger charge is 2.16. The molecule has 2 heterocycles. The first-order valence-electron chi connectivity index (χ1n) is 12.2. The van der Waals surface area contributed by atoms with Crippen LogP contribution in [0.3, 0.4) is 0 Å². The van der Waals surface area contributed by atoms with Gasteiger partial charge in [-0.1, -0.05) is 26.0 Å².